The molecule has 122 valence electrons. The monoisotopic (exact) mass is 315 g/mol. The zero-order valence-electron chi connectivity index (χ0n) is 13.8. The number of anilines is 1. The van der Waals surface area contributed by atoms with E-state index in [2.05, 4.69) is 17.3 Å². The Morgan fingerprint density at radius 3 is 2.65 bits per heavy atom. The number of hydrogen-bond donors (Lipinski definition) is 1. The maximum absolute atomic E-state index is 14.1. The van der Waals surface area contributed by atoms with Crippen LogP contribution in [-0.4, -0.2) is 15.7 Å². The summed E-state index contributed by atoms with van der Waals surface area (Å²) in [4.78, 5) is 12.8. The van der Waals surface area contributed by atoms with Crippen LogP contribution in [0.5, 0.6) is 0 Å². The van der Waals surface area contributed by atoms with Gasteiger partial charge < -0.3 is 5.32 Å². The second-order valence-corrected chi connectivity index (χ2v) is 6.29. The molecule has 1 fully saturated rings. The summed E-state index contributed by atoms with van der Waals surface area (Å²) in [5, 5.41) is 7.47. The van der Waals surface area contributed by atoms with Gasteiger partial charge in [-0.1, -0.05) is 25.1 Å². The lowest BCUT2D eigenvalue weighted by Gasteiger charge is -2.16. The van der Waals surface area contributed by atoms with Gasteiger partial charge >= 0.3 is 0 Å². The van der Waals surface area contributed by atoms with E-state index in [1.807, 2.05) is 18.5 Å². The molecule has 23 heavy (non-hydrogen) atoms. The third-order valence-electron chi connectivity index (χ3n) is 4.63. The number of carbonyl (C=O) groups excluding carboxylic acids is 1. The van der Waals surface area contributed by atoms with Crippen molar-refractivity contribution in [2.75, 3.05) is 5.32 Å². The van der Waals surface area contributed by atoms with E-state index >= 15 is 0 Å². The van der Waals surface area contributed by atoms with Crippen molar-refractivity contribution in [3.8, 4) is 0 Å². The number of nitrogens with one attached hydrogen (secondary N) is 1. The van der Waals surface area contributed by atoms with Crippen LogP contribution < -0.4 is 5.32 Å². The molecule has 5 heteroatoms. The molecule has 0 unspecified atom stereocenters. The van der Waals surface area contributed by atoms with E-state index in [-0.39, 0.29) is 11.7 Å². The molecular formula is C18H22FN3O. The molecule has 2 aromatic rings. The van der Waals surface area contributed by atoms with Gasteiger partial charge in [0.1, 0.15) is 5.82 Å². The Balaban J connectivity index is 1.87. The van der Waals surface area contributed by atoms with Crippen molar-refractivity contribution in [1.29, 1.82) is 0 Å². The predicted molar refractivity (Wildman–Crippen MR) is 87.9 cm³/mol. The highest BCUT2D eigenvalue weighted by Crippen LogP contribution is 2.50. The number of aromatic nitrogens is 2. The number of rotatable bonds is 5. The van der Waals surface area contributed by atoms with Gasteiger partial charge in [0.05, 0.1) is 22.5 Å². The number of nitrogens with zero attached hydrogens (tertiary/aromatic N) is 2. The van der Waals surface area contributed by atoms with Crippen molar-refractivity contribution in [3.05, 3.63) is 47.0 Å². The minimum absolute atomic E-state index is 0.134. The van der Waals surface area contributed by atoms with E-state index in [9.17, 15) is 9.18 Å². The molecule has 3 rings (SSSR count). The SMILES string of the molecule is CCCn1nc(C)c(NC(=O)C2(c3ccccc3F)CC2)c1C. The van der Waals surface area contributed by atoms with Crippen LogP contribution in [0.3, 0.4) is 0 Å². The van der Waals surface area contributed by atoms with Crippen molar-refractivity contribution < 1.29 is 9.18 Å². The third-order valence-corrected chi connectivity index (χ3v) is 4.63. The normalized spacial score (nSPS) is 15.5. The predicted octanol–water partition coefficient (Wildman–Crippen LogP) is 3.72. The smallest absolute Gasteiger partial charge is 0.235 e. The summed E-state index contributed by atoms with van der Waals surface area (Å²) < 4.78 is 16.0. The van der Waals surface area contributed by atoms with Crippen LogP contribution in [0.4, 0.5) is 10.1 Å². The fraction of sp³-hybridized carbons (Fsp3) is 0.444. The van der Waals surface area contributed by atoms with Gasteiger partial charge in [-0.3, -0.25) is 9.48 Å². The van der Waals surface area contributed by atoms with Gasteiger partial charge in [0.2, 0.25) is 5.91 Å². The first-order chi connectivity index (χ1) is 11.0. The quantitative estimate of drug-likeness (QED) is 0.914. The molecule has 0 atom stereocenters. The highest BCUT2D eigenvalue weighted by atomic mass is 19.1. The largest absolute Gasteiger partial charge is 0.322 e. The van der Waals surface area contributed by atoms with Crippen LogP contribution in [-0.2, 0) is 16.8 Å². The Labute approximate surface area is 135 Å². The second-order valence-electron chi connectivity index (χ2n) is 6.29. The molecular weight excluding hydrogens is 293 g/mol. The summed E-state index contributed by atoms with van der Waals surface area (Å²) in [6.07, 6.45) is 2.34. The average Bonchev–Trinajstić information content (AvgIpc) is 3.28. The minimum Gasteiger partial charge on any atom is -0.322 e. The highest BCUT2D eigenvalue weighted by Gasteiger charge is 2.52. The van der Waals surface area contributed by atoms with Crippen molar-refractivity contribution in [2.24, 2.45) is 0 Å². The van der Waals surface area contributed by atoms with Crippen LogP contribution in [0.25, 0.3) is 0 Å². The van der Waals surface area contributed by atoms with Crippen molar-refractivity contribution in [2.45, 2.75) is 52.0 Å². The van der Waals surface area contributed by atoms with Gasteiger partial charge in [-0.05, 0) is 39.2 Å². The van der Waals surface area contributed by atoms with E-state index < -0.39 is 5.41 Å². The highest BCUT2D eigenvalue weighted by molar-refractivity contribution is 6.02. The number of benzene rings is 1. The van der Waals surface area contributed by atoms with Crippen molar-refractivity contribution in [1.82, 2.24) is 9.78 Å². The van der Waals surface area contributed by atoms with E-state index in [1.165, 1.54) is 6.07 Å². The number of carbonyl (C=O) groups is 1. The first kappa shape index (κ1) is 15.7. The Kier molecular flexibility index (Phi) is 3.96. The van der Waals surface area contributed by atoms with E-state index in [1.54, 1.807) is 18.2 Å². The Bertz CT molecular complexity index is 747. The van der Waals surface area contributed by atoms with Gasteiger partial charge in [-0.25, -0.2) is 4.39 Å². The first-order valence-corrected chi connectivity index (χ1v) is 8.10. The summed E-state index contributed by atoms with van der Waals surface area (Å²) >= 11 is 0. The maximum atomic E-state index is 14.1. The van der Waals surface area contributed by atoms with Crippen LogP contribution in [0.1, 0.15) is 43.1 Å². The number of amides is 1. The molecule has 1 aliphatic rings. The van der Waals surface area contributed by atoms with Crippen LogP contribution in [0.2, 0.25) is 0 Å². The molecule has 1 aromatic heterocycles. The Morgan fingerprint density at radius 1 is 1.35 bits per heavy atom. The first-order valence-electron chi connectivity index (χ1n) is 8.10. The molecule has 0 radical (unpaired) electrons. The molecule has 1 aromatic carbocycles. The lowest BCUT2D eigenvalue weighted by Crippen LogP contribution is -2.29. The summed E-state index contributed by atoms with van der Waals surface area (Å²) in [6, 6.07) is 6.55. The molecule has 4 nitrogen and oxygen atoms in total. The van der Waals surface area contributed by atoms with Crippen molar-refractivity contribution in [3.63, 3.8) is 0 Å². The topological polar surface area (TPSA) is 46.9 Å². The van der Waals surface area contributed by atoms with Gasteiger partial charge in [0.25, 0.3) is 0 Å². The summed E-state index contributed by atoms with van der Waals surface area (Å²) in [5.41, 5.74) is 2.27. The second kappa shape index (κ2) is 5.80. The molecule has 1 N–H and O–H groups in total. The van der Waals surface area contributed by atoms with Crippen LogP contribution in [0, 0.1) is 19.7 Å². The van der Waals surface area contributed by atoms with Gasteiger partial charge in [-0.15, -0.1) is 0 Å². The molecule has 0 spiro atoms. The zero-order chi connectivity index (χ0) is 16.6. The van der Waals surface area contributed by atoms with Crippen molar-refractivity contribution >= 4 is 11.6 Å². The Morgan fingerprint density at radius 2 is 2.04 bits per heavy atom. The van der Waals surface area contributed by atoms with Crippen LogP contribution >= 0.6 is 0 Å². The lowest BCUT2D eigenvalue weighted by atomic mass is 9.94. The molecule has 0 aliphatic heterocycles. The molecule has 1 amide bonds. The number of hydrogen-bond acceptors (Lipinski definition) is 2. The molecule has 0 saturated heterocycles. The minimum atomic E-state index is -0.725. The van der Waals surface area contributed by atoms with E-state index in [0.717, 1.165) is 30.0 Å². The molecule has 1 heterocycles. The van der Waals surface area contributed by atoms with Gasteiger partial charge in [0.15, 0.2) is 0 Å². The summed E-state index contributed by atoms with van der Waals surface area (Å²) in [7, 11) is 0. The van der Waals surface area contributed by atoms with E-state index in [0.29, 0.717) is 18.4 Å². The summed E-state index contributed by atoms with van der Waals surface area (Å²) in [5.74, 6) is -0.444. The third kappa shape index (κ3) is 2.64. The average molecular weight is 315 g/mol. The fourth-order valence-corrected chi connectivity index (χ4v) is 3.13. The standard InChI is InChI=1S/C18H22FN3O/c1-4-11-22-13(3)16(12(2)21-22)20-17(23)18(9-10-18)14-7-5-6-8-15(14)19/h5-8H,4,9-11H2,1-3H3,(H,20,23). The zero-order valence-corrected chi connectivity index (χ0v) is 13.8. The molecule has 1 saturated carbocycles. The lowest BCUT2D eigenvalue weighted by molar-refractivity contribution is -0.118. The Hall–Kier alpha value is -2.17. The molecule has 1 aliphatic carbocycles. The van der Waals surface area contributed by atoms with Gasteiger partial charge in [0, 0.05) is 12.1 Å². The number of aryl methyl sites for hydroxylation is 2. The van der Waals surface area contributed by atoms with E-state index in [4.69, 9.17) is 0 Å². The van der Waals surface area contributed by atoms with Gasteiger partial charge in [-0.2, -0.15) is 5.10 Å². The maximum Gasteiger partial charge on any atom is 0.235 e. The fourth-order valence-electron chi connectivity index (χ4n) is 3.13. The van der Waals surface area contributed by atoms with Crippen LogP contribution in [0.15, 0.2) is 24.3 Å². The summed E-state index contributed by atoms with van der Waals surface area (Å²) in [6.45, 7) is 6.75. The number of halogens is 1. The molecule has 0 bridgehead atoms.